The van der Waals surface area contributed by atoms with Crippen molar-refractivity contribution in [3.63, 3.8) is 0 Å². The third kappa shape index (κ3) is 4.35. The van der Waals surface area contributed by atoms with Crippen LogP contribution in [0.2, 0.25) is 5.02 Å². The first kappa shape index (κ1) is 18.9. The monoisotopic (exact) mass is 417 g/mol. The topological polar surface area (TPSA) is 49.0 Å². The number of fused-ring (bicyclic) bond motifs is 1. The molecule has 1 aliphatic heterocycles. The van der Waals surface area contributed by atoms with Gasteiger partial charge in [0.15, 0.2) is 23.0 Å². The summed E-state index contributed by atoms with van der Waals surface area (Å²) in [7, 11) is 1.62. The van der Waals surface area contributed by atoms with Crippen LogP contribution in [-0.2, 0) is 19.7 Å². The van der Waals surface area contributed by atoms with Crippen molar-refractivity contribution in [3.05, 3.63) is 68.9 Å². The summed E-state index contributed by atoms with van der Waals surface area (Å²) in [5.74, 6) is 2.77. The molecule has 3 aromatic rings. The number of rotatable bonds is 8. The summed E-state index contributed by atoms with van der Waals surface area (Å²) >= 11 is 8.10. The summed E-state index contributed by atoms with van der Waals surface area (Å²) in [6.07, 6.45) is 0. The third-order valence-corrected chi connectivity index (χ3v) is 5.45. The van der Waals surface area contributed by atoms with Gasteiger partial charge in [-0.15, -0.1) is 11.3 Å². The molecule has 0 amide bonds. The molecule has 4 rings (SSSR count). The SMILES string of the molecule is COc1cc(CNCc2ccc3c(c2)OCO3)cc(Cl)c1OCc1cccs1. The molecule has 2 aromatic carbocycles. The standard InChI is InChI=1S/C21H20ClNO4S/c1-24-20-9-15(7-17(22)21(20)25-12-16-3-2-6-28-16)11-23-10-14-4-5-18-19(8-14)27-13-26-18/h2-9,23H,10-13H2,1H3. The van der Waals surface area contributed by atoms with Gasteiger partial charge in [-0.25, -0.2) is 0 Å². The Morgan fingerprint density at radius 3 is 2.75 bits per heavy atom. The number of methoxy groups -OCH3 is 1. The molecule has 1 aromatic heterocycles. The van der Waals surface area contributed by atoms with Gasteiger partial charge in [0.1, 0.15) is 6.61 Å². The molecule has 1 N–H and O–H groups in total. The molecule has 28 heavy (non-hydrogen) atoms. The second-order valence-corrected chi connectivity index (χ2v) is 7.71. The van der Waals surface area contributed by atoms with Crippen molar-refractivity contribution in [1.82, 2.24) is 5.32 Å². The fraction of sp³-hybridized carbons (Fsp3) is 0.238. The van der Waals surface area contributed by atoms with Crippen LogP contribution in [-0.4, -0.2) is 13.9 Å². The van der Waals surface area contributed by atoms with Crippen LogP contribution in [0.15, 0.2) is 47.8 Å². The smallest absolute Gasteiger partial charge is 0.231 e. The lowest BCUT2D eigenvalue weighted by atomic mass is 10.1. The molecule has 1 aliphatic rings. The first-order valence-corrected chi connectivity index (χ1v) is 10.1. The van der Waals surface area contributed by atoms with E-state index >= 15 is 0 Å². The van der Waals surface area contributed by atoms with E-state index in [4.69, 9.17) is 30.5 Å². The van der Waals surface area contributed by atoms with Crippen molar-refractivity contribution in [2.75, 3.05) is 13.9 Å². The Hall–Kier alpha value is -2.41. The second kappa shape index (κ2) is 8.73. The molecule has 146 valence electrons. The van der Waals surface area contributed by atoms with Crippen LogP contribution in [0.1, 0.15) is 16.0 Å². The quantitative estimate of drug-likeness (QED) is 0.558. The molecule has 0 unspecified atom stereocenters. The number of ether oxygens (including phenoxy) is 4. The Morgan fingerprint density at radius 2 is 1.93 bits per heavy atom. The second-order valence-electron chi connectivity index (χ2n) is 6.27. The Kier molecular flexibility index (Phi) is 5.90. The van der Waals surface area contributed by atoms with Crippen molar-refractivity contribution in [1.29, 1.82) is 0 Å². The molecule has 0 saturated carbocycles. The largest absolute Gasteiger partial charge is 0.493 e. The van der Waals surface area contributed by atoms with Crippen molar-refractivity contribution >= 4 is 22.9 Å². The molecule has 0 atom stereocenters. The van der Waals surface area contributed by atoms with Crippen molar-refractivity contribution < 1.29 is 18.9 Å². The molecule has 7 heteroatoms. The molecule has 0 aliphatic carbocycles. The highest BCUT2D eigenvalue weighted by molar-refractivity contribution is 7.09. The number of hydrogen-bond acceptors (Lipinski definition) is 6. The number of halogens is 1. The van der Waals surface area contributed by atoms with Crippen molar-refractivity contribution in [2.45, 2.75) is 19.7 Å². The average molecular weight is 418 g/mol. The number of nitrogens with one attached hydrogen (secondary N) is 1. The summed E-state index contributed by atoms with van der Waals surface area (Å²) in [5, 5.41) is 5.97. The lowest BCUT2D eigenvalue weighted by Gasteiger charge is -2.14. The Balaban J connectivity index is 1.38. The lowest BCUT2D eigenvalue weighted by molar-refractivity contribution is 0.174. The fourth-order valence-electron chi connectivity index (χ4n) is 2.96. The zero-order valence-corrected chi connectivity index (χ0v) is 16.9. The Bertz CT molecular complexity index is 946. The van der Waals surface area contributed by atoms with E-state index in [0.29, 0.717) is 36.2 Å². The number of thiophene rings is 1. The van der Waals surface area contributed by atoms with Crippen molar-refractivity contribution in [2.24, 2.45) is 0 Å². The van der Waals surface area contributed by atoms with E-state index in [2.05, 4.69) is 5.32 Å². The van der Waals surface area contributed by atoms with Crippen LogP contribution in [0, 0.1) is 0 Å². The number of benzene rings is 2. The van der Waals surface area contributed by atoms with Gasteiger partial charge in [0.05, 0.1) is 12.1 Å². The van der Waals surface area contributed by atoms with E-state index in [1.54, 1.807) is 18.4 Å². The maximum Gasteiger partial charge on any atom is 0.231 e. The van der Waals surface area contributed by atoms with Gasteiger partial charge in [0, 0.05) is 18.0 Å². The first-order valence-electron chi connectivity index (χ1n) is 8.84. The Labute approximate surface area is 172 Å². The molecule has 0 saturated heterocycles. The van der Waals surface area contributed by atoms with Crippen molar-refractivity contribution in [3.8, 4) is 23.0 Å². The fourth-order valence-corrected chi connectivity index (χ4v) is 3.86. The normalized spacial score (nSPS) is 12.2. The summed E-state index contributed by atoms with van der Waals surface area (Å²) in [6, 6.07) is 13.8. The van der Waals surface area contributed by atoms with E-state index in [1.165, 1.54) is 0 Å². The van der Waals surface area contributed by atoms with E-state index in [-0.39, 0.29) is 6.79 Å². The maximum absolute atomic E-state index is 6.45. The molecule has 2 heterocycles. The van der Waals surface area contributed by atoms with E-state index in [1.807, 2.05) is 47.8 Å². The van der Waals surface area contributed by atoms with Crippen LogP contribution in [0.5, 0.6) is 23.0 Å². The minimum Gasteiger partial charge on any atom is -0.493 e. The Morgan fingerprint density at radius 1 is 1.07 bits per heavy atom. The van der Waals surface area contributed by atoms with Crippen LogP contribution < -0.4 is 24.3 Å². The van der Waals surface area contributed by atoms with Gasteiger partial charge < -0.3 is 24.3 Å². The summed E-state index contributed by atoms with van der Waals surface area (Å²) in [6.45, 7) is 2.10. The number of hydrogen-bond donors (Lipinski definition) is 1. The minimum absolute atomic E-state index is 0.283. The highest BCUT2D eigenvalue weighted by Crippen LogP contribution is 2.37. The van der Waals surface area contributed by atoms with Gasteiger partial charge >= 0.3 is 0 Å². The van der Waals surface area contributed by atoms with E-state index in [9.17, 15) is 0 Å². The predicted molar refractivity (Wildman–Crippen MR) is 110 cm³/mol. The van der Waals surface area contributed by atoms with Gasteiger partial charge in [0.25, 0.3) is 0 Å². The van der Waals surface area contributed by atoms with Gasteiger partial charge in [-0.2, -0.15) is 0 Å². The van der Waals surface area contributed by atoms with Gasteiger partial charge in [-0.3, -0.25) is 0 Å². The molecular formula is C21H20ClNO4S. The summed E-state index contributed by atoms with van der Waals surface area (Å²) in [5.41, 5.74) is 2.14. The first-order chi connectivity index (χ1) is 13.7. The van der Waals surface area contributed by atoms with Crippen LogP contribution in [0.4, 0.5) is 0 Å². The maximum atomic E-state index is 6.45. The molecule has 0 bridgehead atoms. The molecular weight excluding hydrogens is 398 g/mol. The highest BCUT2D eigenvalue weighted by Gasteiger charge is 2.14. The van der Waals surface area contributed by atoms with Crippen LogP contribution in [0.3, 0.4) is 0 Å². The van der Waals surface area contributed by atoms with Gasteiger partial charge in [-0.05, 0) is 46.8 Å². The highest BCUT2D eigenvalue weighted by atomic mass is 35.5. The van der Waals surface area contributed by atoms with E-state index in [0.717, 1.165) is 27.5 Å². The van der Waals surface area contributed by atoms with Gasteiger partial charge in [-0.1, -0.05) is 23.7 Å². The molecule has 0 radical (unpaired) electrons. The van der Waals surface area contributed by atoms with Crippen LogP contribution >= 0.6 is 22.9 Å². The van der Waals surface area contributed by atoms with E-state index < -0.39 is 0 Å². The molecule has 0 spiro atoms. The van der Waals surface area contributed by atoms with Crippen LogP contribution in [0.25, 0.3) is 0 Å². The summed E-state index contributed by atoms with van der Waals surface area (Å²) < 4.78 is 22.1. The zero-order valence-electron chi connectivity index (χ0n) is 15.4. The summed E-state index contributed by atoms with van der Waals surface area (Å²) in [4.78, 5) is 1.13. The average Bonchev–Trinajstić information content (AvgIpc) is 3.38. The minimum atomic E-state index is 0.283. The third-order valence-electron chi connectivity index (χ3n) is 4.32. The molecule has 0 fully saturated rings. The lowest BCUT2D eigenvalue weighted by Crippen LogP contribution is -2.13. The predicted octanol–water partition coefficient (Wildman–Crippen LogP) is 5.01. The zero-order chi connectivity index (χ0) is 19.3. The molecule has 5 nitrogen and oxygen atoms in total. The van der Waals surface area contributed by atoms with Gasteiger partial charge in [0.2, 0.25) is 6.79 Å².